The van der Waals surface area contributed by atoms with Crippen molar-refractivity contribution in [1.82, 2.24) is 9.44 Å². The van der Waals surface area contributed by atoms with E-state index in [-0.39, 0.29) is 25.3 Å². The molecule has 2 N–H and O–H groups in total. The standard InChI is InChI=1S/C10H14BrFN2O3S/c1-17-5-4-13-18(15,16)14-7-8-6-9(11)2-3-10(8)12/h2-3,6,13-14H,4-5,7H2,1H3. The third-order valence-corrected chi connectivity index (χ3v) is 3.66. The van der Waals surface area contributed by atoms with Crippen LogP contribution in [0.25, 0.3) is 0 Å². The van der Waals surface area contributed by atoms with Crippen molar-refractivity contribution in [3.05, 3.63) is 34.1 Å². The van der Waals surface area contributed by atoms with Crippen molar-refractivity contribution in [1.29, 1.82) is 0 Å². The quantitative estimate of drug-likeness (QED) is 0.732. The Morgan fingerprint density at radius 3 is 2.78 bits per heavy atom. The van der Waals surface area contributed by atoms with E-state index >= 15 is 0 Å². The molecule has 0 bridgehead atoms. The minimum atomic E-state index is -3.64. The van der Waals surface area contributed by atoms with Crippen molar-refractivity contribution >= 4 is 26.1 Å². The predicted octanol–water partition coefficient (Wildman–Crippen LogP) is 1.16. The Morgan fingerprint density at radius 1 is 1.39 bits per heavy atom. The number of hydrogen-bond donors (Lipinski definition) is 2. The van der Waals surface area contributed by atoms with E-state index in [4.69, 9.17) is 4.74 Å². The third kappa shape index (κ3) is 5.40. The largest absolute Gasteiger partial charge is 0.383 e. The second kappa shape index (κ2) is 7.15. The van der Waals surface area contributed by atoms with Gasteiger partial charge < -0.3 is 4.74 Å². The van der Waals surface area contributed by atoms with Gasteiger partial charge in [0.1, 0.15) is 5.82 Å². The van der Waals surface area contributed by atoms with Crippen molar-refractivity contribution in [3.8, 4) is 0 Å². The predicted molar refractivity (Wildman–Crippen MR) is 69.7 cm³/mol. The first-order chi connectivity index (χ1) is 8.44. The van der Waals surface area contributed by atoms with Crippen LogP contribution < -0.4 is 9.44 Å². The summed E-state index contributed by atoms with van der Waals surface area (Å²) in [6, 6.07) is 4.34. The number of hydrogen-bond acceptors (Lipinski definition) is 3. The van der Waals surface area contributed by atoms with Crippen molar-refractivity contribution in [2.24, 2.45) is 0 Å². The van der Waals surface area contributed by atoms with Crippen LogP contribution in [-0.2, 0) is 21.5 Å². The highest BCUT2D eigenvalue weighted by molar-refractivity contribution is 9.10. The van der Waals surface area contributed by atoms with Gasteiger partial charge in [0, 0.05) is 30.2 Å². The van der Waals surface area contributed by atoms with Crippen molar-refractivity contribution in [2.75, 3.05) is 20.3 Å². The summed E-state index contributed by atoms with van der Waals surface area (Å²) in [6.45, 7) is 0.312. The molecule has 1 aromatic carbocycles. The van der Waals surface area contributed by atoms with Gasteiger partial charge in [0.05, 0.1) is 6.61 Å². The second-order valence-electron chi connectivity index (χ2n) is 3.45. The Morgan fingerprint density at radius 2 is 2.11 bits per heavy atom. The topological polar surface area (TPSA) is 67.4 Å². The van der Waals surface area contributed by atoms with E-state index in [1.54, 1.807) is 6.07 Å². The maximum absolute atomic E-state index is 13.4. The second-order valence-corrected chi connectivity index (χ2v) is 5.95. The number of ether oxygens (including phenoxy) is 1. The number of nitrogens with one attached hydrogen (secondary N) is 2. The van der Waals surface area contributed by atoms with E-state index in [0.717, 1.165) is 0 Å². The summed E-state index contributed by atoms with van der Waals surface area (Å²) >= 11 is 3.19. The normalized spacial score (nSPS) is 11.7. The molecule has 0 amide bonds. The fourth-order valence-corrected chi connectivity index (χ4v) is 2.39. The third-order valence-electron chi connectivity index (χ3n) is 2.06. The van der Waals surface area contributed by atoms with Gasteiger partial charge in [-0.15, -0.1) is 0 Å². The van der Waals surface area contributed by atoms with E-state index < -0.39 is 16.0 Å². The van der Waals surface area contributed by atoms with E-state index in [2.05, 4.69) is 25.4 Å². The first-order valence-electron chi connectivity index (χ1n) is 5.12. The van der Waals surface area contributed by atoms with Gasteiger partial charge in [0.15, 0.2) is 0 Å². The monoisotopic (exact) mass is 340 g/mol. The summed E-state index contributed by atoms with van der Waals surface area (Å²) in [5.74, 6) is -0.460. The van der Waals surface area contributed by atoms with Crippen LogP contribution in [0.5, 0.6) is 0 Å². The highest BCUT2D eigenvalue weighted by Crippen LogP contribution is 2.15. The molecule has 102 valence electrons. The molecule has 0 saturated heterocycles. The van der Waals surface area contributed by atoms with Gasteiger partial charge >= 0.3 is 0 Å². The minimum absolute atomic E-state index is 0.117. The number of rotatable bonds is 7. The lowest BCUT2D eigenvalue weighted by molar-refractivity contribution is 0.204. The minimum Gasteiger partial charge on any atom is -0.383 e. The average molecular weight is 341 g/mol. The van der Waals surface area contributed by atoms with Gasteiger partial charge in [-0.05, 0) is 18.2 Å². The first kappa shape index (κ1) is 15.5. The summed E-state index contributed by atoms with van der Waals surface area (Å²) in [5.41, 5.74) is 0.265. The Kier molecular flexibility index (Phi) is 6.16. The van der Waals surface area contributed by atoms with Crippen LogP contribution in [0.4, 0.5) is 4.39 Å². The number of halogens is 2. The molecule has 0 aliphatic heterocycles. The van der Waals surface area contributed by atoms with Crippen LogP contribution in [0.1, 0.15) is 5.56 Å². The van der Waals surface area contributed by atoms with E-state index in [1.165, 1.54) is 19.2 Å². The maximum Gasteiger partial charge on any atom is 0.277 e. The maximum atomic E-state index is 13.4. The molecule has 0 fully saturated rings. The molecule has 0 radical (unpaired) electrons. The molecule has 0 spiro atoms. The Bertz CT molecular complexity index is 496. The zero-order valence-electron chi connectivity index (χ0n) is 9.74. The summed E-state index contributed by atoms with van der Waals surface area (Å²) in [5, 5.41) is 0. The Labute approximate surface area is 114 Å². The molecule has 0 saturated carbocycles. The lowest BCUT2D eigenvalue weighted by atomic mass is 10.2. The summed E-state index contributed by atoms with van der Waals surface area (Å²) in [4.78, 5) is 0. The fourth-order valence-electron chi connectivity index (χ4n) is 1.18. The fraction of sp³-hybridized carbons (Fsp3) is 0.400. The highest BCUT2D eigenvalue weighted by Gasteiger charge is 2.10. The molecule has 8 heteroatoms. The molecular weight excluding hydrogens is 327 g/mol. The van der Waals surface area contributed by atoms with Crippen LogP contribution >= 0.6 is 15.9 Å². The van der Waals surface area contributed by atoms with Crippen LogP contribution in [0.3, 0.4) is 0 Å². The van der Waals surface area contributed by atoms with Crippen LogP contribution in [0.15, 0.2) is 22.7 Å². The van der Waals surface area contributed by atoms with Crippen LogP contribution in [-0.4, -0.2) is 28.7 Å². The molecule has 5 nitrogen and oxygen atoms in total. The average Bonchev–Trinajstić information content (AvgIpc) is 2.31. The van der Waals surface area contributed by atoms with Gasteiger partial charge in [0.25, 0.3) is 10.2 Å². The number of benzene rings is 1. The molecule has 0 aromatic heterocycles. The Hall–Kier alpha value is -0.540. The number of methoxy groups -OCH3 is 1. The van der Waals surface area contributed by atoms with E-state index in [1.807, 2.05) is 0 Å². The SMILES string of the molecule is COCCNS(=O)(=O)NCc1cc(Br)ccc1F. The summed E-state index contributed by atoms with van der Waals surface area (Å²) in [7, 11) is -2.17. The molecule has 0 unspecified atom stereocenters. The zero-order valence-corrected chi connectivity index (χ0v) is 12.1. The van der Waals surface area contributed by atoms with Gasteiger partial charge in [-0.25, -0.2) is 4.39 Å². The Balaban J connectivity index is 2.56. The van der Waals surface area contributed by atoms with Crippen molar-refractivity contribution < 1.29 is 17.5 Å². The zero-order chi connectivity index (χ0) is 13.6. The molecule has 0 heterocycles. The molecule has 1 aromatic rings. The summed E-state index contributed by atoms with van der Waals surface area (Å²) in [6.07, 6.45) is 0. The van der Waals surface area contributed by atoms with Crippen LogP contribution in [0.2, 0.25) is 0 Å². The molecule has 0 aliphatic carbocycles. The molecule has 0 atom stereocenters. The lowest BCUT2D eigenvalue weighted by Gasteiger charge is -2.08. The smallest absolute Gasteiger partial charge is 0.277 e. The lowest BCUT2D eigenvalue weighted by Crippen LogP contribution is -2.37. The summed E-state index contributed by atoms with van der Waals surface area (Å²) < 4.78 is 46.2. The van der Waals surface area contributed by atoms with Crippen molar-refractivity contribution in [3.63, 3.8) is 0 Å². The highest BCUT2D eigenvalue weighted by atomic mass is 79.9. The van der Waals surface area contributed by atoms with Crippen LogP contribution in [0, 0.1) is 5.82 Å². The van der Waals surface area contributed by atoms with Gasteiger partial charge in [-0.3, -0.25) is 0 Å². The van der Waals surface area contributed by atoms with E-state index in [0.29, 0.717) is 4.47 Å². The first-order valence-corrected chi connectivity index (χ1v) is 7.39. The van der Waals surface area contributed by atoms with Crippen molar-refractivity contribution in [2.45, 2.75) is 6.54 Å². The van der Waals surface area contributed by atoms with E-state index in [9.17, 15) is 12.8 Å². The molecule has 0 aliphatic rings. The van der Waals surface area contributed by atoms with Gasteiger partial charge in [-0.2, -0.15) is 17.9 Å². The molecular formula is C10H14BrFN2O3S. The van der Waals surface area contributed by atoms with Gasteiger partial charge in [0.2, 0.25) is 0 Å². The molecule has 18 heavy (non-hydrogen) atoms. The van der Waals surface area contributed by atoms with Gasteiger partial charge in [-0.1, -0.05) is 15.9 Å². The molecule has 1 rings (SSSR count).